The summed E-state index contributed by atoms with van der Waals surface area (Å²) in [7, 11) is -2.14. The minimum atomic E-state index is -3.67. The SMILES string of the molecule is CNC(=O)CCNC(=O)c1cc(C)cc(N(C2CN(C(c3ccc(Cl)cc3)c3ccc(Cl)cc3)C2)S(C)(=O)=O)c1. The molecule has 4 rings (SSSR count). The van der Waals surface area contributed by atoms with Crippen LogP contribution >= 0.6 is 23.2 Å². The van der Waals surface area contributed by atoms with Gasteiger partial charge in [-0.3, -0.25) is 18.8 Å². The lowest BCUT2D eigenvalue weighted by atomic mass is 9.93. The van der Waals surface area contributed by atoms with Gasteiger partial charge in [-0.05, 0) is 66.1 Å². The Labute approximate surface area is 245 Å². The van der Waals surface area contributed by atoms with E-state index in [0.717, 1.165) is 16.7 Å². The maximum absolute atomic E-state index is 13.1. The van der Waals surface area contributed by atoms with Crippen molar-refractivity contribution < 1.29 is 18.0 Å². The number of hydrogen-bond acceptors (Lipinski definition) is 5. The van der Waals surface area contributed by atoms with Gasteiger partial charge in [0.2, 0.25) is 15.9 Å². The predicted octanol–water partition coefficient (Wildman–Crippen LogP) is 4.41. The van der Waals surface area contributed by atoms with Gasteiger partial charge in [0.15, 0.2) is 0 Å². The number of anilines is 1. The Balaban J connectivity index is 1.58. The Hall–Kier alpha value is -3.11. The lowest BCUT2D eigenvalue weighted by molar-refractivity contribution is -0.120. The summed E-state index contributed by atoms with van der Waals surface area (Å²) < 4.78 is 27.5. The molecule has 212 valence electrons. The molecular weight excluding hydrogens is 571 g/mol. The number of rotatable bonds is 10. The molecule has 0 unspecified atom stereocenters. The van der Waals surface area contributed by atoms with Crippen LogP contribution < -0.4 is 14.9 Å². The number of aryl methyl sites for hydroxylation is 1. The Bertz CT molecular complexity index is 1430. The fourth-order valence-electron chi connectivity index (χ4n) is 4.96. The number of halogens is 2. The summed E-state index contributed by atoms with van der Waals surface area (Å²) in [6, 6.07) is 19.8. The van der Waals surface area contributed by atoms with Crippen molar-refractivity contribution in [3.05, 3.63) is 99.0 Å². The third-order valence-corrected chi connectivity index (χ3v) is 8.54. The van der Waals surface area contributed by atoms with Gasteiger partial charge in [-0.25, -0.2) is 8.42 Å². The van der Waals surface area contributed by atoms with E-state index < -0.39 is 10.0 Å². The molecule has 0 saturated carbocycles. The first-order valence-electron chi connectivity index (χ1n) is 12.8. The number of amides is 2. The molecule has 0 radical (unpaired) electrons. The first-order valence-corrected chi connectivity index (χ1v) is 15.4. The third kappa shape index (κ3) is 7.14. The lowest BCUT2D eigenvalue weighted by Gasteiger charge is -2.49. The van der Waals surface area contributed by atoms with Crippen molar-refractivity contribution in [3.63, 3.8) is 0 Å². The van der Waals surface area contributed by atoms with Crippen molar-refractivity contribution in [3.8, 4) is 0 Å². The van der Waals surface area contributed by atoms with Gasteiger partial charge < -0.3 is 10.6 Å². The standard InChI is InChI=1S/C29H32Cl2N4O4S/c1-19-14-22(29(37)33-13-12-27(36)32-2)16-25(15-19)35(40(3,38)39)26-17-34(18-26)28(20-4-8-23(30)9-5-20)21-6-10-24(31)11-7-21/h4-11,14-16,26,28H,12-13,17-18H2,1-3H3,(H,32,36)(H,33,37). The maximum atomic E-state index is 13.1. The molecule has 40 heavy (non-hydrogen) atoms. The predicted molar refractivity (Wildman–Crippen MR) is 160 cm³/mol. The zero-order chi connectivity index (χ0) is 29.0. The van der Waals surface area contributed by atoms with E-state index in [1.165, 1.54) is 17.6 Å². The molecule has 11 heteroatoms. The number of carbonyl (C=O) groups excluding carboxylic acids is 2. The van der Waals surface area contributed by atoms with Crippen LogP contribution in [-0.2, 0) is 14.8 Å². The van der Waals surface area contributed by atoms with E-state index >= 15 is 0 Å². The third-order valence-electron chi connectivity index (χ3n) is 6.81. The second-order valence-electron chi connectivity index (χ2n) is 9.91. The van der Waals surface area contributed by atoms with Crippen LogP contribution in [0.2, 0.25) is 10.0 Å². The van der Waals surface area contributed by atoms with Crippen molar-refractivity contribution >= 4 is 50.7 Å². The van der Waals surface area contributed by atoms with Gasteiger partial charge in [0.1, 0.15) is 0 Å². The maximum Gasteiger partial charge on any atom is 0.251 e. The lowest BCUT2D eigenvalue weighted by Crippen LogP contribution is -2.61. The van der Waals surface area contributed by atoms with Gasteiger partial charge in [-0.2, -0.15) is 0 Å². The molecule has 2 amide bonds. The minimum Gasteiger partial charge on any atom is -0.359 e. The molecular formula is C29H32Cl2N4O4S. The fourth-order valence-corrected chi connectivity index (χ4v) is 6.38. The number of benzene rings is 3. The molecule has 0 aliphatic carbocycles. The molecule has 3 aromatic carbocycles. The zero-order valence-electron chi connectivity index (χ0n) is 22.5. The highest BCUT2D eigenvalue weighted by Gasteiger charge is 2.41. The molecule has 8 nitrogen and oxygen atoms in total. The average Bonchev–Trinajstić information content (AvgIpc) is 2.88. The number of carbonyl (C=O) groups is 2. The van der Waals surface area contributed by atoms with E-state index in [-0.39, 0.29) is 36.9 Å². The van der Waals surface area contributed by atoms with E-state index in [2.05, 4.69) is 15.5 Å². The van der Waals surface area contributed by atoms with Crippen molar-refractivity contribution in [1.29, 1.82) is 0 Å². The molecule has 1 aliphatic heterocycles. The van der Waals surface area contributed by atoms with E-state index in [9.17, 15) is 18.0 Å². The minimum absolute atomic E-state index is 0.119. The molecule has 1 saturated heterocycles. The monoisotopic (exact) mass is 602 g/mol. The second kappa shape index (κ2) is 12.6. The molecule has 3 aromatic rings. The highest BCUT2D eigenvalue weighted by molar-refractivity contribution is 7.92. The number of nitrogens with zero attached hydrogens (tertiary/aromatic N) is 2. The summed E-state index contributed by atoms with van der Waals surface area (Å²) in [6.45, 7) is 2.94. The van der Waals surface area contributed by atoms with Gasteiger partial charge in [0, 0.05) is 48.7 Å². The first kappa shape index (κ1) is 29.9. The summed E-state index contributed by atoms with van der Waals surface area (Å²) in [6.07, 6.45) is 1.33. The molecule has 2 N–H and O–H groups in total. The summed E-state index contributed by atoms with van der Waals surface area (Å²) >= 11 is 12.3. The smallest absolute Gasteiger partial charge is 0.251 e. The highest BCUT2D eigenvalue weighted by Crippen LogP contribution is 2.37. The van der Waals surface area contributed by atoms with Crippen molar-refractivity contribution in [1.82, 2.24) is 15.5 Å². The van der Waals surface area contributed by atoms with Crippen LogP contribution in [0.5, 0.6) is 0 Å². The Kier molecular flexibility index (Phi) is 9.41. The zero-order valence-corrected chi connectivity index (χ0v) is 24.9. The van der Waals surface area contributed by atoms with Crippen LogP contribution in [0.3, 0.4) is 0 Å². The first-order chi connectivity index (χ1) is 19.0. The average molecular weight is 604 g/mol. The normalized spacial score (nSPS) is 14.1. The Morgan fingerprint density at radius 3 is 2.02 bits per heavy atom. The topological polar surface area (TPSA) is 98.8 Å². The number of sulfonamides is 1. The molecule has 0 aromatic heterocycles. The van der Waals surface area contributed by atoms with Gasteiger partial charge in [-0.1, -0.05) is 47.5 Å². The van der Waals surface area contributed by atoms with Gasteiger partial charge in [0.05, 0.1) is 24.0 Å². The van der Waals surface area contributed by atoms with E-state index in [4.69, 9.17) is 23.2 Å². The van der Waals surface area contributed by atoms with Crippen molar-refractivity contribution in [2.45, 2.75) is 25.4 Å². The van der Waals surface area contributed by atoms with Gasteiger partial charge in [0.25, 0.3) is 5.91 Å². The summed E-state index contributed by atoms with van der Waals surface area (Å²) in [5, 5.41) is 6.51. The van der Waals surface area contributed by atoms with Gasteiger partial charge >= 0.3 is 0 Å². The van der Waals surface area contributed by atoms with Crippen molar-refractivity contribution in [2.24, 2.45) is 0 Å². The summed E-state index contributed by atoms with van der Waals surface area (Å²) in [4.78, 5) is 26.5. The van der Waals surface area contributed by atoms with Gasteiger partial charge in [-0.15, -0.1) is 0 Å². The van der Waals surface area contributed by atoms with Crippen molar-refractivity contribution in [2.75, 3.05) is 37.2 Å². The van der Waals surface area contributed by atoms with Crippen LogP contribution in [0.25, 0.3) is 0 Å². The summed E-state index contributed by atoms with van der Waals surface area (Å²) in [5.74, 6) is -0.554. The molecule has 0 spiro atoms. The number of nitrogens with one attached hydrogen (secondary N) is 2. The second-order valence-corrected chi connectivity index (χ2v) is 12.6. The Morgan fingerprint density at radius 1 is 0.975 bits per heavy atom. The van der Waals surface area contributed by atoms with E-state index in [1.807, 2.05) is 55.5 Å². The molecule has 0 atom stereocenters. The van der Waals surface area contributed by atoms with E-state index in [1.54, 1.807) is 18.2 Å². The molecule has 1 heterocycles. The molecule has 0 bridgehead atoms. The fraction of sp³-hybridized carbons (Fsp3) is 0.310. The number of hydrogen-bond donors (Lipinski definition) is 2. The van der Waals surface area contributed by atoms with E-state index in [0.29, 0.717) is 34.4 Å². The highest BCUT2D eigenvalue weighted by atomic mass is 35.5. The van der Waals surface area contributed by atoms with Crippen LogP contribution in [-0.4, -0.2) is 64.1 Å². The van der Waals surface area contributed by atoms with Crippen LogP contribution in [0.4, 0.5) is 5.69 Å². The quantitative estimate of drug-likeness (QED) is 0.358. The Morgan fingerprint density at radius 2 is 1.52 bits per heavy atom. The van der Waals surface area contributed by atoms with Crippen LogP contribution in [0.15, 0.2) is 66.7 Å². The largest absolute Gasteiger partial charge is 0.359 e. The van der Waals surface area contributed by atoms with Crippen LogP contribution in [0.1, 0.15) is 39.5 Å². The molecule has 1 fully saturated rings. The van der Waals surface area contributed by atoms with Crippen LogP contribution in [0, 0.1) is 6.92 Å². The summed E-state index contributed by atoms with van der Waals surface area (Å²) in [5.41, 5.74) is 3.57. The molecule has 1 aliphatic rings. The number of likely N-dealkylation sites (tertiary alicyclic amines) is 1.